The average molecular weight is 249 g/mol. The van der Waals surface area contributed by atoms with Gasteiger partial charge in [0.15, 0.2) is 0 Å². The van der Waals surface area contributed by atoms with E-state index in [1.165, 1.54) is 18.2 Å². The van der Waals surface area contributed by atoms with Crippen LogP contribution in [0.1, 0.15) is 37.9 Å². The van der Waals surface area contributed by atoms with E-state index < -0.39 is 0 Å². The molecule has 0 radical (unpaired) electrons. The first-order valence-electron chi connectivity index (χ1n) is 6.36. The molecule has 0 amide bonds. The second-order valence-corrected chi connectivity index (χ2v) is 4.90. The predicted molar refractivity (Wildman–Crippen MR) is 73.4 cm³/mol. The van der Waals surface area contributed by atoms with Crippen LogP contribution in [0.15, 0.2) is 24.3 Å². The summed E-state index contributed by atoms with van der Waals surface area (Å²) in [7, 11) is 1.43. The first-order chi connectivity index (χ1) is 8.45. The Bertz CT molecular complexity index is 386. The Hall–Kier alpha value is -1.35. The Morgan fingerprint density at radius 2 is 1.72 bits per heavy atom. The molecule has 0 aliphatic carbocycles. The van der Waals surface area contributed by atoms with Gasteiger partial charge in [0.05, 0.1) is 13.0 Å². The van der Waals surface area contributed by atoms with Crippen molar-refractivity contribution < 1.29 is 9.53 Å². The molecule has 0 aliphatic rings. The van der Waals surface area contributed by atoms with Crippen LogP contribution in [0, 0.1) is 12.8 Å². The number of hydrogen-bond acceptors (Lipinski definition) is 3. The summed E-state index contributed by atoms with van der Waals surface area (Å²) in [6, 6.07) is 8.72. The molecule has 0 saturated heterocycles. The van der Waals surface area contributed by atoms with Gasteiger partial charge in [0.1, 0.15) is 0 Å². The van der Waals surface area contributed by atoms with Crippen LogP contribution in [0.5, 0.6) is 0 Å². The molecule has 0 heterocycles. The first-order valence-corrected chi connectivity index (χ1v) is 6.36. The molecule has 100 valence electrons. The van der Waals surface area contributed by atoms with Crippen molar-refractivity contribution in [2.45, 2.75) is 39.8 Å². The van der Waals surface area contributed by atoms with Crippen molar-refractivity contribution in [3.8, 4) is 0 Å². The molecule has 0 aliphatic heterocycles. The summed E-state index contributed by atoms with van der Waals surface area (Å²) < 4.78 is 4.76. The van der Waals surface area contributed by atoms with Crippen LogP contribution in [0.2, 0.25) is 0 Å². The molecule has 0 spiro atoms. The summed E-state index contributed by atoms with van der Waals surface area (Å²) in [5.41, 5.74) is 2.48. The number of carbonyl (C=O) groups is 1. The monoisotopic (exact) mass is 249 g/mol. The number of ether oxygens (including phenoxy) is 1. The normalized spacial score (nSPS) is 15.8. The summed E-state index contributed by atoms with van der Waals surface area (Å²) in [6.07, 6.45) is 0. The van der Waals surface area contributed by atoms with Gasteiger partial charge >= 0.3 is 5.97 Å². The molecule has 3 heteroatoms. The molecule has 3 unspecified atom stereocenters. The molecule has 1 aromatic carbocycles. The number of aryl methyl sites for hydroxylation is 1. The Morgan fingerprint density at radius 1 is 1.17 bits per heavy atom. The minimum absolute atomic E-state index is 0.0775. The lowest BCUT2D eigenvalue weighted by molar-refractivity contribution is -0.145. The minimum Gasteiger partial charge on any atom is -0.469 e. The molecule has 0 aromatic heterocycles. The lowest BCUT2D eigenvalue weighted by Crippen LogP contribution is -2.38. The van der Waals surface area contributed by atoms with Gasteiger partial charge in [-0.3, -0.25) is 4.79 Å². The van der Waals surface area contributed by atoms with Gasteiger partial charge in [0, 0.05) is 12.1 Å². The first kappa shape index (κ1) is 14.7. The zero-order chi connectivity index (χ0) is 13.7. The Morgan fingerprint density at radius 3 is 2.22 bits per heavy atom. The van der Waals surface area contributed by atoms with Gasteiger partial charge in [0.2, 0.25) is 0 Å². The van der Waals surface area contributed by atoms with Crippen LogP contribution >= 0.6 is 0 Å². The topological polar surface area (TPSA) is 38.3 Å². The third-order valence-electron chi connectivity index (χ3n) is 3.41. The van der Waals surface area contributed by atoms with Crippen LogP contribution in [0.3, 0.4) is 0 Å². The molecule has 1 rings (SSSR count). The molecular formula is C15H23NO2. The fraction of sp³-hybridized carbons (Fsp3) is 0.533. The molecule has 18 heavy (non-hydrogen) atoms. The van der Waals surface area contributed by atoms with Gasteiger partial charge in [-0.15, -0.1) is 0 Å². The SMILES string of the molecule is COC(=O)C(C)C(C)NC(C)c1ccc(C)cc1. The highest BCUT2D eigenvalue weighted by Gasteiger charge is 2.22. The second-order valence-electron chi connectivity index (χ2n) is 4.90. The van der Waals surface area contributed by atoms with E-state index in [0.717, 1.165) is 0 Å². The molecule has 1 aromatic rings. The van der Waals surface area contributed by atoms with Gasteiger partial charge < -0.3 is 10.1 Å². The van der Waals surface area contributed by atoms with E-state index in [1.807, 2.05) is 13.8 Å². The van der Waals surface area contributed by atoms with Crippen molar-refractivity contribution >= 4 is 5.97 Å². The smallest absolute Gasteiger partial charge is 0.309 e. The highest BCUT2D eigenvalue weighted by Crippen LogP contribution is 2.16. The molecule has 0 bridgehead atoms. The van der Waals surface area contributed by atoms with Crippen LogP contribution in [0.4, 0.5) is 0 Å². The molecule has 3 nitrogen and oxygen atoms in total. The third-order valence-corrected chi connectivity index (χ3v) is 3.41. The number of methoxy groups -OCH3 is 1. The van der Waals surface area contributed by atoms with Gasteiger partial charge in [-0.1, -0.05) is 36.8 Å². The van der Waals surface area contributed by atoms with E-state index in [9.17, 15) is 4.79 Å². The van der Waals surface area contributed by atoms with Gasteiger partial charge in [-0.05, 0) is 26.3 Å². The van der Waals surface area contributed by atoms with E-state index in [2.05, 4.69) is 43.4 Å². The van der Waals surface area contributed by atoms with Crippen LogP contribution in [0.25, 0.3) is 0 Å². The Balaban J connectivity index is 2.61. The second kappa shape index (κ2) is 6.55. The largest absolute Gasteiger partial charge is 0.469 e. The lowest BCUT2D eigenvalue weighted by atomic mass is 10.0. The summed E-state index contributed by atoms with van der Waals surface area (Å²) in [5.74, 6) is -0.325. The highest BCUT2D eigenvalue weighted by molar-refractivity contribution is 5.72. The van der Waals surface area contributed by atoms with E-state index >= 15 is 0 Å². The number of esters is 1. The molecule has 3 atom stereocenters. The van der Waals surface area contributed by atoms with E-state index in [-0.39, 0.29) is 24.0 Å². The van der Waals surface area contributed by atoms with Crippen molar-refractivity contribution in [2.24, 2.45) is 5.92 Å². The quantitative estimate of drug-likeness (QED) is 0.815. The van der Waals surface area contributed by atoms with Crippen LogP contribution < -0.4 is 5.32 Å². The zero-order valence-electron chi connectivity index (χ0n) is 11.9. The van der Waals surface area contributed by atoms with Crippen molar-refractivity contribution in [3.05, 3.63) is 35.4 Å². The van der Waals surface area contributed by atoms with Crippen molar-refractivity contribution in [2.75, 3.05) is 7.11 Å². The maximum atomic E-state index is 11.5. The van der Waals surface area contributed by atoms with Gasteiger partial charge in [-0.25, -0.2) is 0 Å². The predicted octanol–water partition coefficient (Wildman–Crippen LogP) is 2.84. The van der Waals surface area contributed by atoms with Crippen molar-refractivity contribution in [1.29, 1.82) is 0 Å². The van der Waals surface area contributed by atoms with Crippen molar-refractivity contribution in [3.63, 3.8) is 0 Å². The summed E-state index contributed by atoms with van der Waals surface area (Å²) >= 11 is 0. The minimum atomic E-state index is -0.175. The fourth-order valence-corrected chi connectivity index (χ4v) is 1.88. The Kier molecular flexibility index (Phi) is 5.35. The highest BCUT2D eigenvalue weighted by atomic mass is 16.5. The summed E-state index contributed by atoms with van der Waals surface area (Å²) in [6.45, 7) is 8.06. The zero-order valence-corrected chi connectivity index (χ0v) is 11.9. The third kappa shape index (κ3) is 3.84. The maximum absolute atomic E-state index is 11.5. The standard InChI is InChI=1S/C15H23NO2/c1-10-6-8-14(9-7-10)13(4)16-12(3)11(2)15(17)18-5/h6-9,11-13,16H,1-5H3. The molecular weight excluding hydrogens is 226 g/mol. The Labute approximate surface area is 110 Å². The maximum Gasteiger partial charge on any atom is 0.309 e. The van der Waals surface area contributed by atoms with Crippen molar-refractivity contribution in [1.82, 2.24) is 5.32 Å². The number of carbonyl (C=O) groups excluding carboxylic acids is 1. The van der Waals surface area contributed by atoms with E-state index in [4.69, 9.17) is 4.74 Å². The number of hydrogen-bond donors (Lipinski definition) is 1. The lowest BCUT2D eigenvalue weighted by Gasteiger charge is -2.24. The molecule has 0 saturated carbocycles. The summed E-state index contributed by atoms with van der Waals surface area (Å²) in [5, 5.41) is 3.43. The summed E-state index contributed by atoms with van der Waals surface area (Å²) in [4.78, 5) is 11.5. The average Bonchev–Trinajstić information content (AvgIpc) is 2.37. The fourth-order valence-electron chi connectivity index (χ4n) is 1.88. The van der Waals surface area contributed by atoms with E-state index in [1.54, 1.807) is 0 Å². The van der Waals surface area contributed by atoms with Gasteiger partial charge in [0.25, 0.3) is 0 Å². The number of benzene rings is 1. The van der Waals surface area contributed by atoms with Crippen LogP contribution in [-0.2, 0) is 9.53 Å². The number of nitrogens with one attached hydrogen (secondary N) is 1. The molecule has 0 fully saturated rings. The van der Waals surface area contributed by atoms with Crippen LogP contribution in [-0.4, -0.2) is 19.1 Å². The molecule has 1 N–H and O–H groups in total. The van der Waals surface area contributed by atoms with Gasteiger partial charge in [-0.2, -0.15) is 0 Å². The van der Waals surface area contributed by atoms with E-state index in [0.29, 0.717) is 0 Å². The number of rotatable bonds is 5.